The largest absolute Gasteiger partial charge is 0.433 e. The minimum atomic E-state index is -2.91. The maximum atomic E-state index is 12.5. The van der Waals surface area contributed by atoms with Gasteiger partial charge in [0.2, 0.25) is 0 Å². The molecule has 0 atom stereocenters. The summed E-state index contributed by atoms with van der Waals surface area (Å²) in [5.41, 5.74) is 6.51. The second kappa shape index (κ2) is 5.07. The van der Waals surface area contributed by atoms with Gasteiger partial charge in [0, 0.05) is 5.41 Å². The lowest BCUT2D eigenvalue weighted by Gasteiger charge is -2.21. The van der Waals surface area contributed by atoms with E-state index in [-0.39, 0.29) is 17.0 Å². The van der Waals surface area contributed by atoms with Gasteiger partial charge in [-0.1, -0.05) is 38.1 Å². The van der Waals surface area contributed by atoms with Gasteiger partial charge in [0.15, 0.2) is 11.6 Å². The second-order valence-electron chi connectivity index (χ2n) is 5.33. The van der Waals surface area contributed by atoms with Gasteiger partial charge in [0.25, 0.3) is 0 Å². The Kier molecular flexibility index (Phi) is 3.61. The van der Waals surface area contributed by atoms with Crippen molar-refractivity contribution in [2.75, 3.05) is 5.73 Å². The third-order valence-electron chi connectivity index (χ3n) is 2.72. The third-order valence-corrected chi connectivity index (χ3v) is 2.72. The zero-order valence-corrected chi connectivity index (χ0v) is 11.5. The first-order valence-corrected chi connectivity index (χ1v) is 6.06. The zero-order valence-electron chi connectivity index (χ0n) is 11.5. The minimum absolute atomic E-state index is 0.0258. The molecule has 0 aliphatic carbocycles. The number of aromatic nitrogens is 3. The Morgan fingerprint density at radius 2 is 1.90 bits per heavy atom. The Morgan fingerprint density at radius 3 is 2.50 bits per heavy atom. The number of nitrogens with zero attached hydrogens (tertiary/aromatic N) is 3. The van der Waals surface area contributed by atoms with E-state index in [2.05, 4.69) is 15.0 Å². The van der Waals surface area contributed by atoms with Crippen molar-refractivity contribution in [3.8, 4) is 11.4 Å². The van der Waals surface area contributed by atoms with Crippen molar-refractivity contribution in [3.05, 3.63) is 30.0 Å². The molecule has 2 rings (SSSR count). The molecule has 20 heavy (non-hydrogen) atoms. The summed E-state index contributed by atoms with van der Waals surface area (Å²) in [5.74, 6) is 0.294. The number of rotatable bonds is 3. The molecular formula is C13H16F2N4O. The SMILES string of the molecule is CC(C)(C)c1c(N)nnn1-c1ccccc1OC(F)F. The number of nitrogens with two attached hydrogens (primary N) is 1. The lowest BCUT2D eigenvalue weighted by Crippen LogP contribution is -2.19. The van der Waals surface area contributed by atoms with Gasteiger partial charge < -0.3 is 10.5 Å². The highest BCUT2D eigenvalue weighted by Gasteiger charge is 2.26. The number of anilines is 1. The summed E-state index contributed by atoms with van der Waals surface area (Å²) in [4.78, 5) is 0. The smallest absolute Gasteiger partial charge is 0.387 e. The van der Waals surface area contributed by atoms with E-state index in [1.165, 1.54) is 10.7 Å². The molecule has 1 aromatic heterocycles. The molecule has 0 saturated heterocycles. The number of nitrogen functional groups attached to an aromatic ring is 1. The Hall–Kier alpha value is -2.18. The number of para-hydroxylation sites is 2. The molecule has 0 fully saturated rings. The second-order valence-corrected chi connectivity index (χ2v) is 5.33. The molecule has 0 saturated carbocycles. The van der Waals surface area contributed by atoms with Gasteiger partial charge in [-0.05, 0) is 12.1 Å². The van der Waals surface area contributed by atoms with E-state index in [0.29, 0.717) is 11.4 Å². The van der Waals surface area contributed by atoms with E-state index in [9.17, 15) is 8.78 Å². The normalized spacial score (nSPS) is 11.9. The monoisotopic (exact) mass is 282 g/mol. The van der Waals surface area contributed by atoms with Crippen molar-refractivity contribution in [2.45, 2.75) is 32.8 Å². The van der Waals surface area contributed by atoms with Crippen molar-refractivity contribution in [2.24, 2.45) is 0 Å². The molecule has 0 aliphatic rings. The molecule has 1 heterocycles. The summed E-state index contributed by atoms with van der Waals surface area (Å²) >= 11 is 0. The number of hydrogen-bond acceptors (Lipinski definition) is 4. The van der Waals surface area contributed by atoms with Crippen LogP contribution in [0.4, 0.5) is 14.6 Å². The highest BCUT2D eigenvalue weighted by molar-refractivity contribution is 5.51. The standard InChI is InChI=1S/C13H16F2N4O/c1-13(2,3)10-11(16)17-18-19(10)8-6-4-5-7-9(8)20-12(14)15/h4-7,12H,16H2,1-3H3. The molecule has 5 nitrogen and oxygen atoms in total. The summed E-state index contributed by atoms with van der Waals surface area (Å²) < 4.78 is 30.9. The quantitative estimate of drug-likeness (QED) is 0.940. The van der Waals surface area contributed by atoms with Crippen LogP contribution in [0.3, 0.4) is 0 Å². The average Bonchev–Trinajstić information content (AvgIpc) is 2.70. The first kappa shape index (κ1) is 14.2. The van der Waals surface area contributed by atoms with Crippen molar-refractivity contribution in [3.63, 3.8) is 0 Å². The van der Waals surface area contributed by atoms with Crippen LogP contribution in [0.1, 0.15) is 26.5 Å². The summed E-state index contributed by atoms with van der Waals surface area (Å²) in [6, 6.07) is 6.39. The van der Waals surface area contributed by atoms with E-state index in [0.717, 1.165) is 0 Å². The van der Waals surface area contributed by atoms with Gasteiger partial charge in [-0.3, -0.25) is 0 Å². The lowest BCUT2D eigenvalue weighted by atomic mass is 9.91. The van der Waals surface area contributed by atoms with Gasteiger partial charge in [0.05, 0.1) is 5.69 Å². The highest BCUT2D eigenvalue weighted by Crippen LogP contribution is 2.32. The van der Waals surface area contributed by atoms with Crippen LogP contribution in [0.2, 0.25) is 0 Å². The number of ether oxygens (including phenoxy) is 1. The van der Waals surface area contributed by atoms with Crippen LogP contribution in [-0.2, 0) is 5.41 Å². The third kappa shape index (κ3) is 2.71. The maximum absolute atomic E-state index is 12.5. The molecule has 2 aromatic rings. The molecule has 0 aliphatic heterocycles. The van der Waals surface area contributed by atoms with Crippen molar-refractivity contribution < 1.29 is 13.5 Å². The molecule has 0 unspecified atom stereocenters. The summed E-state index contributed by atoms with van der Waals surface area (Å²) in [5, 5.41) is 7.76. The van der Waals surface area contributed by atoms with Crippen molar-refractivity contribution in [1.82, 2.24) is 15.0 Å². The van der Waals surface area contributed by atoms with Crippen LogP contribution in [0, 0.1) is 0 Å². The summed E-state index contributed by atoms with van der Waals surface area (Å²) in [6.45, 7) is 2.91. The van der Waals surface area contributed by atoms with Crippen LogP contribution >= 0.6 is 0 Å². The molecule has 0 radical (unpaired) electrons. The fourth-order valence-electron chi connectivity index (χ4n) is 1.99. The van der Waals surface area contributed by atoms with E-state index >= 15 is 0 Å². The molecule has 0 spiro atoms. The minimum Gasteiger partial charge on any atom is -0.433 e. The zero-order chi connectivity index (χ0) is 14.9. The Morgan fingerprint density at radius 1 is 1.25 bits per heavy atom. The van der Waals surface area contributed by atoms with Crippen LogP contribution in [0.25, 0.3) is 5.69 Å². The molecular weight excluding hydrogens is 266 g/mol. The van der Waals surface area contributed by atoms with Crippen molar-refractivity contribution in [1.29, 1.82) is 0 Å². The first-order valence-electron chi connectivity index (χ1n) is 6.06. The highest BCUT2D eigenvalue weighted by atomic mass is 19.3. The number of alkyl halides is 2. The topological polar surface area (TPSA) is 66.0 Å². The number of benzene rings is 1. The van der Waals surface area contributed by atoms with Gasteiger partial charge in [-0.15, -0.1) is 5.10 Å². The first-order chi connectivity index (χ1) is 9.30. The van der Waals surface area contributed by atoms with E-state index < -0.39 is 6.61 Å². The molecule has 1 aromatic carbocycles. The van der Waals surface area contributed by atoms with Gasteiger partial charge in [0.1, 0.15) is 5.69 Å². The van der Waals surface area contributed by atoms with Crippen molar-refractivity contribution >= 4 is 5.82 Å². The van der Waals surface area contributed by atoms with Crippen LogP contribution in [-0.4, -0.2) is 21.6 Å². The van der Waals surface area contributed by atoms with E-state index in [1.807, 2.05) is 20.8 Å². The Bertz CT molecular complexity index is 605. The van der Waals surface area contributed by atoms with Crippen LogP contribution < -0.4 is 10.5 Å². The van der Waals surface area contributed by atoms with E-state index in [4.69, 9.17) is 5.73 Å². The summed E-state index contributed by atoms with van der Waals surface area (Å²) in [6.07, 6.45) is 0. The number of hydrogen-bond donors (Lipinski definition) is 1. The van der Waals surface area contributed by atoms with E-state index in [1.54, 1.807) is 18.2 Å². The predicted molar refractivity (Wildman–Crippen MR) is 71.1 cm³/mol. The fourth-order valence-corrected chi connectivity index (χ4v) is 1.99. The average molecular weight is 282 g/mol. The lowest BCUT2D eigenvalue weighted by molar-refractivity contribution is -0.0499. The van der Waals surface area contributed by atoms with Crippen LogP contribution in [0.15, 0.2) is 24.3 Å². The number of halogens is 2. The van der Waals surface area contributed by atoms with Crippen LogP contribution in [0.5, 0.6) is 5.75 Å². The van der Waals surface area contributed by atoms with Gasteiger partial charge in [-0.2, -0.15) is 8.78 Å². The van der Waals surface area contributed by atoms with Gasteiger partial charge >= 0.3 is 6.61 Å². The molecule has 2 N–H and O–H groups in total. The van der Waals surface area contributed by atoms with Gasteiger partial charge in [-0.25, -0.2) is 4.68 Å². The molecule has 7 heteroatoms. The summed E-state index contributed by atoms with van der Waals surface area (Å²) in [7, 11) is 0. The molecule has 0 bridgehead atoms. The Labute approximate surface area is 115 Å². The molecule has 0 amide bonds. The Balaban J connectivity index is 2.58. The predicted octanol–water partition coefficient (Wildman–Crippen LogP) is 2.75. The fraction of sp³-hybridized carbons (Fsp3) is 0.385. The molecule has 108 valence electrons. The maximum Gasteiger partial charge on any atom is 0.387 e.